The molecule has 0 saturated carbocycles. The summed E-state index contributed by atoms with van der Waals surface area (Å²) in [4.78, 5) is 49.3. The Labute approximate surface area is 156 Å². The molecule has 0 atom stereocenters. The third kappa shape index (κ3) is 4.97. The first-order chi connectivity index (χ1) is 12.8. The predicted molar refractivity (Wildman–Crippen MR) is 92.9 cm³/mol. The summed E-state index contributed by atoms with van der Waals surface area (Å²) in [6.07, 6.45) is 1.50. The zero-order valence-corrected chi connectivity index (χ0v) is 16.2. The van der Waals surface area contributed by atoms with Gasteiger partial charge in [0.1, 0.15) is 5.76 Å². The molecule has 0 spiro atoms. The van der Waals surface area contributed by atoms with Crippen LogP contribution in [0.1, 0.15) is 38.0 Å². The number of carbonyl (C=O) groups is 3. The van der Waals surface area contributed by atoms with Gasteiger partial charge in [-0.2, -0.15) is 0 Å². The van der Waals surface area contributed by atoms with E-state index in [-0.39, 0.29) is 12.3 Å². The normalized spacial score (nSPS) is 11.1. The number of aromatic nitrogens is 1. The molecular formula is C17H26N2O8. The Kier molecular flexibility index (Phi) is 8.23. The van der Waals surface area contributed by atoms with Gasteiger partial charge in [0.15, 0.2) is 6.73 Å². The number of rotatable bonds is 10. The lowest BCUT2D eigenvalue weighted by Gasteiger charge is -2.28. The van der Waals surface area contributed by atoms with Gasteiger partial charge in [-0.05, 0) is 6.42 Å². The first kappa shape index (κ1) is 22.4. The second-order valence-corrected chi connectivity index (χ2v) is 5.94. The highest BCUT2D eigenvalue weighted by Crippen LogP contribution is 2.21. The van der Waals surface area contributed by atoms with E-state index in [9.17, 15) is 19.2 Å². The zero-order valence-electron chi connectivity index (χ0n) is 16.2. The molecule has 1 amide bonds. The van der Waals surface area contributed by atoms with E-state index in [1.165, 1.54) is 7.11 Å². The molecule has 0 unspecified atom stereocenters. The lowest BCUT2D eigenvalue weighted by atomic mass is 9.89. The number of aryl methyl sites for hydroxylation is 1. The molecule has 0 aliphatic heterocycles. The predicted octanol–water partition coefficient (Wildman–Crippen LogP) is 0.151. The van der Waals surface area contributed by atoms with Gasteiger partial charge in [0.25, 0.3) is 5.56 Å². The third-order valence-corrected chi connectivity index (χ3v) is 3.94. The average Bonchev–Trinajstić information content (AvgIpc) is 2.92. The Morgan fingerprint density at radius 1 is 1.15 bits per heavy atom. The average molecular weight is 386 g/mol. The molecule has 0 aliphatic carbocycles. The molecule has 0 fully saturated rings. The maximum atomic E-state index is 12.7. The van der Waals surface area contributed by atoms with E-state index in [0.29, 0.717) is 12.2 Å². The molecule has 0 radical (unpaired) electrons. The first-order valence-corrected chi connectivity index (χ1v) is 8.43. The van der Waals surface area contributed by atoms with Crippen LogP contribution in [0.5, 0.6) is 0 Å². The molecule has 0 bridgehead atoms. The van der Waals surface area contributed by atoms with E-state index in [4.69, 9.17) is 18.7 Å². The van der Waals surface area contributed by atoms with Gasteiger partial charge in [-0.25, -0.2) is 9.59 Å². The standard InChI is InChI=1S/C17H26N2O8/c1-6-7-8-13-12(14(21)19(27-13)10-24-3)9-17(15(22)25-4,16(23)26-5)18-11(2)20/h6-10H2,1-5H3,(H,18,20). The van der Waals surface area contributed by atoms with Crippen LogP contribution in [0.3, 0.4) is 0 Å². The summed E-state index contributed by atoms with van der Waals surface area (Å²) >= 11 is 0. The van der Waals surface area contributed by atoms with E-state index in [0.717, 1.165) is 38.7 Å². The van der Waals surface area contributed by atoms with Gasteiger partial charge in [-0.15, -0.1) is 4.74 Å². The van der Waals surface area contributed by atoms with Gasteiger partial charge in [-0.1, -0.05) is 13.3 Å². The highest BCUT2D eigenvalue weighted by molar-refractivity contribution is 6.07. The van der Waals surface area contributed by atoms with Gasteiger partial charge < -0.3 is 24.1 Å². The topological polar surface area (TPSA) is 126 Å². The lowest BCUT2D eigenvalue weighted by molar-refractivity contribution is -0.165. The summed E-state index contributed by atoms with van der Waals surface area (Å²) < 4.78 is 20.9. The van der Waals surface area contributed by atoms with Gasteiger partial charge in [0.2, 0.25) is 11.4 Å². The third-order valence-electron chi connectivity index (χ3n) is 3.94. The van der Waals surface area contributed by atoms with Crippen molar-refractivity contribution in [2.75, 3.05) is 21.3 Å². The Balaban J connectivity index is 3.54. The maximum Gasteiger partial charge on any atom is 0.343 e. The number of nitrogens with one attached hydrogen (secondary N) is 1. The molecular weight excluding hydrogens is 360 g/mol. The van der Waals surface area contributed by atoms with E-state index in [1.807, 2.05) is 6.92 Å². The molecule has 1 aromatic rings. The van der Waals surface area contributed by atoms with Crippen molar-refractivity contribution < 1.29 is 33.1 Å². The molecule has 152 valence electrons. The van der Waals surface area contributed by atoms with Gasteiger partial charge in [-0.3, -0.25) is 9.59 Å². The number of unbranched alkanes of at least 4 members (excludes halogenated alkanes) is 1. The Bertz CT molecular complexity index is 718. The van der Waals surface area contributed by atoms with E-state index < -0.39 is 35.4 Å². The molecule has 1 N–H and O–H groups in total. The van der Waals surface area contributed by atoms with Crippen molar-refractivity contribution in [2.24, 2.45) is 0 Å². The van der Waals surface area contributed by atoms with Crippen LogP contribution in [0, 0.1) is 0 Å². The number of carbonyl (C=O) groups excluding carboxylic acids is 3. The van der Waals surface area contributed by atoms with Crippen molar-refractivity contribution in [3.8, 4) is 0 Å². The largest absolute Gasteiger partial charge is 0.467 e. The minimum Gasteiger partial charge on any atom is -0.467 e. The van der Waals surface area contributed by atoms with Crippen LogP contribution >= 0.6 is 0 Å². The van der Waals surface area contributed by atoms with E-state index in [2.05, 4.69) is 5.32 Å². The molecule has 10 heteroatoms. The quantitative estimate of drug-likeness (QED) is 0.445. The van der Waals surface area contributed by atoms with E-state index >= 15 is 0 Å². The molecule has 1 heterocycles. The van der Waals surface area contributed by atoms with Crippen molar-refractivity contribution >= 4 is 17.8 Å². The van der Waals surface area contributed by atoms with Gasteiger partial charge >= 0.3 is 11.9 Å². The molecule has 27 heavy (non-hydrogen) atoms. The van der Waals surface area contributed by atoms with Crippen LogP contribution in [0.25, 0.3) is 0 Å². The number of esters is 2. The summed E-state index contributed by atoms with van der Waals surface area (Å²) in [7, 11) is 3.53. The number of hydrogen-bond donors (Lipinski definition) is 1. The Morgan fingerprint density at radius 3 is 2.19 bits per heavy atom. The van der Waals surface area contributed by atoms with Crippen LogP contribution in [0.4, 0.5) is 0 Å². The van der Waals surface area contributed by atoms with Gasteiger partial charge in [0, 0.05) is 26.9 Å². The summed E-state index contributed by atoms with van der Waals surface area (Å²) in [5, 5.41) is 2.29. The Hall–Kier alpha value is -2.62. The number of amides is 1. The van der Waals surface area contributed by atoms with Crippen LogP contribution in [-0.4, -0.2) is 49.5 Å². The van der Waals surface area contributed by atoms with Crippen molar-refractivity contribution in [1.29, 1.82) is 0 Å². The smallest absolute Gasteiger partial charge is 0.343 e. The second kappa shape index (κ2) is 9.91. The molecule has 0 saturated heterocycles. The maximum absolute atomic E-state index is 12.7. The summed E-state index contributed by atoms with van der Waals surface area (Å²) in [5.41, 5.74) is -2.69. The fourth-order valence-electron chi connectivity index (χ4n) is 2.70. The SMILES string of the molecule is CCCCc1on(COC)c(=O)c1CC(NC(C)=O)(C(=O)OC)C(=O)OC. The summed E-state index contributed by atoms with van der Waals surface area (Å²) in [5.74, 6) is -2.46. The number of hydrogen-bond acceptors (Lipinski definition) is 8. The zero-order chi connectivity index (χ0) is 20.6. The van der Waals surface area contributed by atoms with Crippen LogP contribution in [-0.2, 0) is 48.2 Å². The fourth-order valence-corrected chi connectivity index (χ4v) is 2.70. The fraction of sp³-hybridized carbons (Fsp3) is 0.647. The van der Waals surface area contributed by atoms with Crippen LogP contribution in [0.2, 0.25) is 0 Å². The minimum atomic E-state index is -2.20. The van der Waals surface area contributed by atoms with Crippen LogP contribution < -0.4 is 10.9 Å². The molecule has 0 aromatic carbocycles. The van der Waals surface area contributed by atoms with Gasteiger partial charge in [0.05, 0.1) is 19.8 Å². The number of methoxy groups -OCH3 is 3. The summed E-state index contributed by atoms with van der Waals surface area (Å²) in [6.45, 7) is 2.97. The second-order valence-electron chi connectivity index (χ2n) is 5.94. The first-order valence-electron chi connectivity index (χ1n) is 8.43. The lowest BCUT2D eigenvalue weighted by Crippen LogP contribution is -2.62. The number of ether oxygens (including phenoxy) is 3. The highest BCUT2D eigenvalue weighted by Gasteiger charge is 2.51. The van der Waals surface area contributed by atoms with Crippen molar-refractivity contribution in [3.63, 3.8) is 0 Å². The Morgan fingerprint density at radius 2 is 1.74 bits per heavy atom. The van der Waals surface area contributed by atoms with E-state index in [1.54, 1.807) is 0 Å². The van der Waals surface area contributed by atoms with Crippen LogP contribution in [0.15, 0.2) is 9.32 Å². The van der Waals surface area contributed by atoms with Crippen molar-refractivity contribution in [1.82, 2.24) is 10.1 Å². The minimum absolute atomic E-state index is 0.0741. The molecule has 10 nitrogen and oxygen atoms in total. The monoisotopic (exact) mass is 386 g/mol. The number of nitrogens with zero attached hydrogens (tertiary/aromatic N) is 1. The van der Waals surface area contributed by atoms with Crippen molar-refractivity contribution in [2.45, 2.75) is 51.8 Å². The van der Waals surface area contributed by atoms with Crippen molar-refractivity contribution in [3.05, 3.63) is 21.7 Å². The highest BCUT2D eigenvalue weighted by atomic mass is 16.6. The molecule has 1 aromatic heterocycles. The molecule has 0 aliphatic rings. The molecule has 1 rings (SSSR count). The summed E-state index contributed by atoms with van der Waals surface area (Å²) in [6, 6.07) is 0.